The summed E-state index contributed by atoms with van der Waals surface area (Å²) in [5.41, 5.74) is 0.592. The lowest BCUT2D eigenvalue weighted by Crippen LogP contribution is -2.39. The Morgan fingerprint density at radius 3 is 2.52 bits per heavy atom. The molecule has 0 fully saturated rings. The zero-order valence-corrected chi connectivity index (χ0v) is 15.0. The monoisotopic (exact) mass is 372 g/mol. The number of nitro groups is 1. The molecule has 0 spiro atoms. The molecule has 0 radical (unpaired) electrons. The molecule has 8 heteroatoms. The molecule has 0 aliphatic carbocycles. The molecule has 142 valence electrons. The molecule has 2 aromatic rings. The van der Waals surface area contributed by atoms with Gasteiger partial charge in [-0.1, -0.05) is 30.3 Å². The molecule has 1 amide bonds. The van der Waals surface area contributed by atoms with E-state index in [0.717, 1.165) is 11.6 Å². The number of rotatable bonds is 8. The lowest BCUT2D eigenvalue weighted by Gasteiger charge is -2.15. The van der Waals surface area contributed by atoms with Crippen LogP contribution in [0.2, 0.25) is 0 Å². The summed E-state index contributed by atoms with van der Waals surface area (Å²) in [4.78, 5) is 34.7. The summed E-state index contributed by atoms with van der Waals surface area (Å²) in [5.74, 6) is -1.08. The second-order valence-electron chi connectivity index (χ2n) is 5.66. The van der Waals surface area contributed by atoms with E-state index in [1.807, 2.05) is 30.3 Å². The Kier molecular flexibility index (Phi) is 6.87. The molecule has 1 atom stereocenters. The van der Waals surface area contributed by atoms with Crippen LogP contribution in [0.3, 0.4) is 0 Å². The minimum absolute atomic E-state index is 0.0312. The molecular weight excluding hydrogens is 352 g/mol. The predicted molar refractivity (Wildman–Crippen MR) is 97.4 cm³/mol. The van der Waals surface area contributed by atoms with Gasteiger partial charge in [-0.3, -0.25) is 14.9 Å². The van der Waals surface area contributed by atoms with E-state index in [0.29, 0.717) is 0 Å². The Bertz CT molecular complexity index is 822. The number of nitrogens with one attached hydrogen (secondary N) is 1. The first-order chi connectivity index (χ1) is 12.9. The SMILES string of the molecule is CCOC(=O)[C@H](C)NC(=O)c1cc([N+](=O)[O-])ccc1OCc1ccccc1. The van der Waals surface area contributed by atoms with Crippen LogP contribution in [0.5, 0.6) is 5.75 Å². The van der Waals surface area contributed by atoms with Gasteiger partial charge in [0.05, 0.1) is 17.1 Å². The number of amides is 1. The Balaban J connectivity index is 2.22. The number of nitro benzene ring substituents is 1. The lowest BCUT2D eigenvalue weighted by atomic mass is 10.1. The highest BCUT2D eigenvalue weighted by Gasteiger charge is 2.22. The van der Waals surface area contributed by atoms with E-state index in [4.69, 9.17) is 9.47 Å². The molecule has 2 aromatic carbocycles. The quantitative estimate of drug-likeness (QED) is 0.434. The maximum Gasteiger partial charge on any atom is 0.328 e. The highest BCUT2D eigenvalue weighted by atomic mass is 16.6. The normalized spacial score (nSPS) is 11.3. The number of carbonyl (C=O) groups is 2. The molecule has 8 nitrogen and oxygen atoms in total. The van der Waals surface area contributed by atoms with E-state index in [-0.39, 0.29) is 30.2 Å². The van der Waals surface area contributed by atoms with Gasteiger partial charge in [0.15, 0.2) is 0 Å². The van der Waals surface area contributed by atoms with E-state index in [1.165, 1.54) is 19.1 Å². The summed E-state index contributed by atoms with van der Waals surface area (Å²) in [6.45, 7) is 3.49. The van der Waals surface area contributed by atoms with E-state index in [9.17, 15) is 19.7 Å². The second kappa shape index (κ2) is 9.33. The van der Waals surface area contributed by atoms with Crippen molar-refractivity contribution in [2.75, 3.05) is 6.61 Å². The third kappa shape index (κ3) is 5.53. The van der Waals surface area contributed by atoms with Crippen molar-refractivity contribution in [1.82, 2.24) is 5.32 Å². The summed E-state index contributed by atoms with van der Waals surface area (Å²) < 4.78 is 10.5. The van der Waals surface area contributed by atoms with Gasteiger partial charge in [0.2, 0.25) is 0 Å². The van der Waals surface area contributed by atoms with Crippen molar-refractivity contribution in [1.29, 1.82) is 0 Å². The highest BCUT2D eigenvalue weighted by molar-refractivity contribution is 5.99. The average molecular weight is 372 g/mol. The molecular formula is C19H20N2O6. The van der Waals surface area contributed by atoms with Crippen molar-refractivity contribution in [3.05, 3.63) is 69.8 Å². The van der Waals surface area contributed by atoms with Gasteiger partial charge in [-0.25, -0.2) is 4.79 Å². The molecule has 2 rings (SSSR count). The van der Waals surface area contributed by atoms with Crippen LogP contribution < -0.4 is 10.1 Å². The topological polar surface area (TPSA) is 108 Å². The third-order valence-electron chi connectivity index (χ3n) is 3.64. The minimum Gasteiger partial charge on any atom is -0.488 e. The van der Waals surface area contributed by atoms with Gasteiger partial charge < -0.3 is 14.8 Å². The summed E-state index contributed by atoms with van der Waals surface area (Å²) in [6.07, 6.45) is 0. The maximum absolute atomic E-state index is 12.5. The van der Waals surface area contributed by atoms with Gasteiger partial charge >= 0.3 is 5.97 Å². The Morgan fingerprint density at radius 2 is 1.89 bits per heavy atom. The number of hydrogen-bond donors (Lipinski definition) is 1. The van der Waals surface area contributed by atoms with E-state index in [2.05, 4.69) is 5.32 Å². The molecule has 0 saturated heterocycles. The molecule has 27 heavy (non-hydrogen) atoms. The number of non-ortho nitro benzene ring substituents is 1. The molecule has 0 unspecified atom stereocenters. The number of carbonyl (C=O) groups excluding carboxylic acids is 2. The second-order valence-corrected chi connectivity index (χ2v) is 5.66. The maximum atomic E-state index is 12.5. The number of benzene rings is 2. The van der Waals surface area contributed by atoms with Crippen LogP contribution in [0.4, 0.5) is 5.69 Å². The van der Waals surface area contributed by atoms with Crippen LogP contribution in [0.1, 0.15) is 29.8 Å². The van der Waals surface area contributed by atoms with Crippen LogP contribution in [0.15, 0.2) is 48.5 Å². The smallest absolute Gasteiger partial charge is 0.328 e. The first-order valence-corrected chi connectivity index (χ1v) is 8.35. The molecule has 1 N–H and O–H groups in total. The molecule has 0 heterocycles. The molecule has 0 aliphatic heterocycles. The van der Waals surface area contributed by atoms with E-state index in [1.54, 1.807) is 6.92 Å². The fourth-order valence-corrected chi connectivity index (χ4v) is 2.27. The van der Waals surface area contributed by atoms with Gasteiger partial charge in [-0.15, -0.1) is 0 Å². The zero-order chi connectivity index (χ0) is 19.8. The summed E-state index contributed by atoms with van der Waals surface area (Å²) in [6, 6.07) is 12.1. The lowest BCUT2D eigenvalue weighted by molar-refractivity contribution is -0.384. The van der Waals surface area contributed by atoms with Crippen LogP contribution in [-0.2, 0) is 16.1 Å². The minimum atomic E-state index is -0.904. The molecule has 0 aliphatic rings. The number of ether oxygens (including phenoxy) is 2. The number of nitrogens with zero attached hydrogens (tertiary/aromatic N) is 1. The molecule has 0 saturated carbocycles. The van der Waals surface area contributed by atoms with Crippen molar-refractivity contribution in [2.45, 2.75) is 26.5 Å². The van der Waals surface area contributed by atoms with Crippen molar-refractivity contribution < 1.29 is 24.0 Å². The first kappa shape index (κ1) is 19.9. The largest absolute Gasteiger partial charge is 0.488 e. The van der Waals surface area contributed by atoms with E-state index >= 15 is 0 Å². The van der Waals surface area contributed by atoms with Gasteiger partial charge in [-0.05, 0) is 25.5 Å². The van der Waals surface area contributed by atoms with Crippen molar-refractivity contribution in [2.24, 2.45) is 0 Å². The Labute approximate surface area is 156 Å². The predicted octanol–water partition coefficient (Wildman–Crippen LogP) is 2.86. The van der Waals surface area contributed by atoms with Crippen molar-refractivity contribution in [3.8, 4) is 5.75 Å². The van der Waals surface area contributed by atoms with Crippen LogP contribution in [0.25, 0.3) is 0 Å². The fourth-order valence-electron chi connectivity index (χ4n) is 2.27. The van der Waals surface area contributed by atoms with Gasteiger partial charge in [-0.2, -0.15) is 0 Å². The first-order valence-electron chi connectivity index (χ1n) is 8.35. The van der Waals surface area contributed by atoms with Crippen molar-refractivity contribution >= 4 is 17.6 Å². The van der Waals surface area contributed by atoms with Crippen LogP contribution >= 0.6 is 0 Å². The molecule has 0 bridgehead atoms. The highest BCUT2D eigenvalue weighted by Crippen LogP contribution is 2.25. The van der Waals surface area contributed by atoms with Crippen LogP contribution in [0, 0.1) is 10.1 Å². The Morgan fingerprint density at radius 1 is 1.19 bits per heavy atom. The van der Waals surface area contributed by atoms with E-state index < -0.39 is 22.8 Å². The van der Waals surface area contributed by atoms with Gasteiger partial charge in [0.25, 0.3) is 11.6 Å². The van der Waals surface area contributed by atoms with Gasteiger partial charge in [0.1, 0.15) is 18.4 Å². The summed E-state index contributed by atoms with van der Waals surface area (Å²) in [5, 5.41) is 13.5. The van der Waals surface area contributed by atoms with Crippen molar-refractivity contribution in [3.63, 3.8) is 0 Å². The zero-order valence-electron chi connectivity index (χ0n) is 15.0. The Hall–Kier alpha value is -3.42. The third-order valence-corrected chi connectivity index (χ3v) is 3.64. The standard InChI is InChI=1S/C19H20N2O6/c1-3-26-19(23)13(2)20-18(22)16-11-15(21(24)25)9-10-17(16)27-12-14-7-5-4-6-8-14/h4-11,13H,3,12H2,1-2H3,(H,20,22)/t13-/m0/s1. The van der Waals surface area contributed by atoms with Gasteiger partial charge in [0, 0.05) is 12.1 Å². The molecule has 0 aromatic heterocycles. The summed E-state index contributed by atoms with van der Waals surface area (Å²) >= 11 is 0. The summed E-state index contributed by atoms with van der Waals surface area (Å²) in [7, 11) is 0. The van der Waals surface area contributed by atoms with Crippen LogP contribution in [-0.4, -0.2) is 29.4 Å². The fraction of sp³-hybridized carbons (Fsp3) is 0.263. The average Bonchev–Trinajstić information content (AvgIpc) is 2.67. The number of hydrogen-bond acceptors (Lipinski definition) is 6. The number of esters is 1.